The van der Waals surface area contributed by atoms with E-state index in [0.717, 1.165) is 37.0 Å². The van der Waals surface area contributed by atoms with Gasteiger partial charge in [-0.25, -0.2) is 9.81 Å². The summed E-state index contributed by atoms with van der Waals surface area (Å²) in [4.78, 5) is 10.7. The molecule has 0 fully saturated rings. The first kappa shape index (κ1) is 19.7. The molecule has 5 heteroatoms. The van der Waals surface area contributed by atoms with E-state index in [1.165, 1.54) is 5.39 Å². The molecule has 0 radical (unpaired) electrons. The summed E-state index contributed by atoms with van der Waals surface area (Å²) < 4.78 is 0. The zero-order chi connectivity index (χ0) is 17.1. The summed E-state index contributed by atoms with van der Waals surface area (Å²) in [5.41, 5.74) is 2.05. The normalized spacial score (nSPS) is 11.4. The van der Waals surface area contributed by atoms with E-state index in [0.29, 0.717) is 0 Å². The van der Waals surface area contributed by atoms with Crippen molar-refractivity contribution < 1.29 is 21.1 Å². The summed E-state index contributed by atoms with van der Waals surface area (Å²) in [5, 5.41) is 4.64. The molecule has 25 heavy (non-hydrogen) atoms. The summed E-state index contributed by atoms with van der Waals surface area (Å²) in [6.07, 6.45) is 3.67. The Kier molecular flexibility index (Phi) is 6.83. The van der Waals surface area contributed by atoms with Crippen molar-refractivity contribution in [2.75, 3.05) is 0 Å². The molecule has 4 aromatic rings. The van der Waals surface area contributed by atoms with Gasteiger partial charge in [-0.2, -0.15) is 0 Å². The monoisotopic (exact) mass is 543 g/mol. The van der Waals surface area contributed by atoms with Gasteiger partial charge in [-0.15, -0.1) is 0 Å². The molecule has 2 heterocycles. The van der Waals surface area contributed by atoms with Crippen LogP contribution in [0.3, 0.4) is 0 Å². The van der Waals surface area contributed by atoms with Crippen molar-refractivity contribution in [3.05, 3.63) is 70.7 Å². The van der Waals surface area contributed by atoms with Crippen LogP contribution in [0.25, 0.3) is 32.6 Å². The van der Waals surface area contributed by atoms with E-state index in [4.69, 9.17) is 0 Å². The number of fused-ring (bicyclic) bond motifs is 5. The fourth-order valence-corrected chi connectivity index (χ4v) is 2.49. The minimum Gasteiger partial charge on any atom is -0.786 e. The molecule has 0 unspecified atom stereocenters. The number of hydrogen-bond acceptors (Lipinski definition) is 4. The van der Waals surface area contributed by atoms with Crippen LogP contribution in [0.4, 0.5) is 0 Å². The molecule has 0 amide bonds. The fraction of sp³-hybridized carbons (Fsp3) is 0.100. The third-order valence-corrected chi connectivity index (χ3v) is 4.56. The van der Waals surface area contributed by atoms with Crippen LogP contribution in [0, 0.1) is 0 Å². The van der Waals surface area contributed by atoms with Crippen LogP contribution in [0.1, 0.15) is 13.8 Å². The Balaban J connectivity index is 0.000000283. The molecule has 0 spiro atoms. The third-order valence-electron chi connectivity index (χ3n) is 3.82. The Morgan fingerprint density at radius 1 is 0.680 bits per heavy atom. The zero-order valence-electron chi connectivity index (χ0n) is 13.8. The van der Waals surface area contributed by atoms with Crippen molar-refractivity contribution >= 4 is 57.8 Å². The topological polar surface area (TPSA) is 25.8 Å². The van der Waals surface area contributed by atoms with Crippen molar-refractivity contribution in [1.29, 1.82) is 0 Å². The predicted octanol–water partition coefficient (Wildman–Crippen LogP) is 5.27. The fourth-order valence-electron chi connectivity index (χ4n) is 2.49. The summed E-state index contributed by atoms with van der Waals surface area (Å²) >= 11 is 9.36. The summed E-state index contributed by atoms with van der Waals surface area (Å²) in [6.45, 7) is 3.66. The quantitative estimate of drug-likeness (QED) is 0.223. The van der Waals surface area contributed by atoms with Crippen LogP contribution >= 0.6 is 0 Å². The van der Waals surface area contributed by atoms with E-state index < -0.39 is 0 Å². The van der Waals surface area contributed by atoms with E-state index in [1.54, 1.807) is 0 Å². The SMILES string of the molecule is CC([S-])=C(C)[S-].[Pt+2].c1cnc2c(c1)ccc1ccc3cccnc3c12. The Hall–Kier alpha value is -1.61. The van der Waals surface area contributed by atoms with Gasteiger partial charge in [-0.1, -0.05) is 50.2 Å². The Labute approximate surface area is 172 Å². The van der Waals surface area contributed by atoms with Gasteiger partial charge >= 0.3 is 21.1 Å². The molecule has 128 valence electrons. The Morgan fingerprint density at radius 3 is 1.48 bits per heavy atom. The van der Waals surface area contributed by atoms with Gasteiger partial charge in [-0.3, -0.25) is 9.97 Å². The molecule has 2 nitrogen and oxygen atoms in total. The first-order chi connectivity index (χ1) is 11.6. The molecule has 0 atom stereocenters. The number of benzene rings is 2. The van der Waals surface area contributed by atoms with E-state index in [9.17, 15) is 0 Å². The molecule has 0 aliphatic rings. The van der Waals surface area contributed by atoms with Crippen LogP contribution in [0.5, 0.6) is 0 Å². The second kappa shape index (κ2) is 8.66. The second-order valence-corrected chi connectivity index (χ2v) is 6.72. The van der Waals surface area contributed by atoms with Gasteiger partial charge in [0.05, 0.1) is 11.0 Å². The molecule has 0 bridgehead atoms. The molecule has 0 aliphatic heterocycles. The molecule has 0 aliphatic carbocycles. The molecule has 0 saturated carbocycles. The third kappa shape index (κ3) is 4.32. The first-order valence-corrected chi connectivity index (χ1v) is 8.42. The molecule has 4 rings (SSSR count). The van der Waals surface area contributed by atoms with Gasteiger partial charge in [0.1, 0.15) is 0 Å². The standard InChI is InChI=1S/C16H10N2.C4H8S2.Pt/c1-3-12-7-5-11-6-8-13-4-2-10-18-16(13)14(11)15(12)17-9-1;1-3(5)4(2)6;/h1-10H;5-6H,1-2H3;/q;;+2/p-2. The average Bonchev–Trinajstić information content (AvgIpc) is 2.61. The summed E-state index contributed by atoms with van der Waals surface area (Å²) in [5.74, 6) is 0. The van der Waals surface area contributed by atoms with Crippen LogP contribution in [0.15, 0.2) is 70.7 Å². The zero-order valence-corrected chi connectivity index (χ0v) is 17.7. The van der Waals surface area contributed by atoms with Crippen LogP contribution in [-0.2, 0) is 46.3 Å². The van der Waals surface area contributed by atoms with Gasteiger partial charge in [0, 0.05) is 28.6 Å². The van der Waals surface area contributed by atoms with Crippen molar-refractivity contribution in [3.8, 4) is 0 Å². The van der Waals surface area contributed by atoms with Gasteiger partial charge in [0.25, 0.3) is 0 Å². The minimum atomic E-state index is 0. The van der Waals surface area contributed by atoms with Crippen molar-refractivity contribution in [3.63, 3.8) is 0 Å². The number of pyridine rings is 2. The van der Waals surface area contributed by atoms with E-state index in [2.05, 4.69) is 71.6 Å². The Bertz CT molecular complexity index is 973. The van der Waals surface area contributed by atoms with Crippen molar-refractivity contribution in [2.45, 2.75) is 13.8 Å². The van der Waals surface area contributed by atoms with Crippen LogP contribution in [0.2, 0.25) is 0 Å². The van der Waals surface area contributed by atoms with Crippen molar-refractivity contribution in [2.24, 2.45) is 0 Å². The van der Waals surface area contributed by atoms with Crippen LogP contribution < -0.4 is 0 Å². The first-order valence-electron chi connectivity index (χ1n) is 7.60. The molecule has 0 N–H and O–H groups in total. The summed E-state index contributed by atoms with van der Waals surface area (Å²) in [7, 11) is 0. The molecule has 0 saturated heterocycles. The number of rotatable bonds is 0. The summed E-state index contributed by atoms with van der Waals surface area (Å²) in [6, 6.07) is 16.6. The number of allylic oxidation sites excluding steroid dienone is 2. The van der Waals surface area contributed by atoms with E-state index >= 15 is 0 Å². The van der Waals surface area contributed by atoms with Gasteiger partial charge in [-0.05, 0) is 17.5 Å². The smallest absolute Gasteiger partial charge is 0.786 e. The molecule has 2 aromatic heterocycles. The second-order valence-electron chi connectivity index (χ2n) is 5.49. The molecular weight excluding hydrogens is 527 g/mol. The Morgan fingerprint density at radius 2 is 1.08 bits per heavy atom. The molecule has 2 aromatic carbocycles. The van der Waals surface area contributed by atoms with Gasteiger partial charge < -0.3 is 25.3 Å². The maximum Gasteiger partial charge on any atom is 2.00 e. The van der Waals surface area contributed by atoms with E-state index in [-0.39, 0.29) is 21.1 Å². The maximum absolute atomic E-state index is 4.68. The minimum absolute atomic E-state index is 0. The van der Waals surface area contributed by atoms with Crippen LogP contribution in [-0.4, -0.2) is 9.97 Å². The number of hydrogen-bond donors (Lipinski definition) is 0. The largest absolute Gasteiger partial charge is 2.00 e. The number of nitrogens with zero attached hydrogens (tertiary/aromatic N) is 2. The maximum atomic E-state index is 4.68. The predicted molar refractivity (Wildman–Crippen MR) is 108 cm³/mol. The molecular formula is C20H16N2PtS2. The number of aromatic nitrogens is 2. The van der Waals surface area contributed by atoms with Gasteiger partial charge in [0.15, 0.2) is 0 Å². The van der Waals surface area contributed by atoms with E-state index in [1.807, 2.05) is 38.4 Å². The van der Waals surface area contributed by atoms with Crippen molar-refractivity contribution in [1.82, 2.24) is 9.97 Å². The van der Waals surface area contributed by atoms with Gasteiger partial charge in [0.2, 0.25) is 0 Å². The average molecular weight is 544 g/mol.